The highest BCUT2D eigenvalue weighted by Gasteiger charge is 2.29. The fourth-order valence-electron chi connectivity index (χ4n) is 3.86. The van der Waals surface area contributed by atoms with Gasteiger partial charge in [0.05, 0.1) is 29.2 Å². The Morgan fingerprint density at radius 2 is 2.20 bits per heavy atom. The molecule has 0 saturated carbocycles. The summed E-state index contributed by atoms with van der Waals surface area (Å²) in [4.78, 5) is 36.9. The lowest BCUT2D eigenvalue weighted by molar-refractivity contribution is -0.117. The van der Waals surface area contributed by atoms with Crippen molar-refractivity contribution in [3.63, 3.8) is 0 Å². The highest BCUT2D eigenvalue weighted by Crippen LogP contribution is 2.37. The number of methoxy groups -OCH3 is 1. The van der Waals surface area contributed by atoms with Crippen LogP contribution >= 0.6 is 23.1 Å². The van der Waals surface area contributed by atoms with Crippen LogP contribution in [0.3, 0.4) is 0 Å². The molecule has 2 aromatic heterocycles. The van der Waals surface area contributed by atoms with E-state index in [0.717, 1.165) is 45.1 Å². The summed E-state index contributed by atoms with van der Waals surface area (Å²) in [6.07, 6.45) is 1.88. The lowest BCUT2D eigenvalue weighted by Crippen LogP contribution is -2.40. The second-order valence-electron chi connectivity index (χ2n) is 7.49. The normalized spacial score (nSPS) is 14.6. The van der Waals surface area contributed by atoms with Gasteiger partial charge in [-0.15, -0.1) is 23.1 Å². The molecule has 0 fully saturated rings. The number of thioether (sulfide) groups is 1. The molecule has 0 spiro atoms. The number of thiophene rings is 1. The number of nitrogens with zero attached hydrogens (tertiary/aromatic N) is 2. The van der Waals surface area contributed by atoms with Gasteiger partial charge in [0.1, 0.15) is 16.4 Å². The van der Waals surface area contributed by atoms with Gasteiger partial charge in [-0.05, 0) is 50.8 Å². The zero-order chi connectivity index (χ0) is 21.4. The first kappa shape index (κ1) is 20.9. The Kier molecular flexibility index (Phi) is 5.88. The lowest BCUT2D eigenvalue weighted by atomic mass is 10.0. The van der Waals surface area contributed by atoms with Gasteiger partial charge in [-0.3, -0.25) is 9.59 Å². The molecule has 1 unspecified atom stereocenters. The third-order valence-electron chi connectivity index (χ3n) is 5.57. The fraction of sp³-hybridized carbons (Fsp3) is 0.409. The molecule has 3 aromatic rings. The Morgan fingerprint density at radius 1 is 1.40 bits per heavy atom. The number of H-pyrrole nitrogens is 1. The Morgan fingerprint density at radius 3 is 2.97 bits per heavy atom. The first-order valence-electron chi connectivity index (χ1n) is 9.98. The molecule has 0 aliphatic carbocycles. The van der Waals surface area contributed by atoms with Crippen molar-refractivity contribution in [3.8, 4) is 5.75 Å². The number of aromatic amines is 1. The molecular formula is C22H25N3O3S2. The van der Waals surface area contributed by atoms with Crippen LogP contribution < -0.4 is 15.2 Å². The van der Waals surface area contributed by atoms with Crippen molar-refractivity contribution in [2.45, 2.75) is 44.6 Å². The maximum absolute atomic E-state index is 13.2. The summed E-state index contributed by atoms with van der Waals surface area (Å²) in [7, 11) is 1.64. The van der Waals surface area contributed by atoms with Crippen LogP contribution in [0.15, 0.2) is 23.0 Å². The Labute approximate surface area is 183 Å². The first-order valence-corrected chi connectivity index (χ1v) is 11.8. The molecule has 158 valence electrons. The van der Waals surface area contributed by atoms with Gasteiger partial charge < -0.3 is 14.6 Å². The molecule has 30 heavy (non-hydrogen) atoms. The van der Waals surface area contributed by atoms with E-state index in [4.69, 9.17) is 4.74 Å². The predicted octanol–water partition coefficient (Wildman–Crippen LogP) is 4.21. The number of benzene rings is 1. The number of aryl methyl sites for hydroxylation is 3. The molecule has 1 aromatic carbocycles. The summed E-state index contributed by atoms with van der Waals surface area (Å²) in [5.74, 6) is 1.87. The van der Waals surface area contributed by atoms with Gasteiger partial charge in [0, 0.05) is 11.4 Å². The number of hydrogen-bond donors (Lipinski definition) is 1. The molecule has 3 heterocycles. The number of ether oxygens (including phenoxy) is 1. The van der Waals surface area contributed by atoms with Crippen molar-refractivity contribution in [1.82, 2.24) is 9.97 Å². The van der Waals surface area contributed by atoms with Crippen LogP contribution in [0.4, 0.5) is 5.69 Å². The number of carbonyl (C=O) groups excluding carboxylic acids is 1. The number of rotatable bonds is 5. The van der Waals surface area contributed by atoms with Crippen molar-refractivity contribution in [1.29, 1.82) is 0 Å². The molecule has 0 bridgehead atoms. The van der Waals surface area contributed by atoms with E-state index < -0.39 is 0 Å². The number of carbonyl (C=O) groups is 1. The van der Waals surface area contributed by atoms with Crippen LogP contribution in [0.25, 0.3) is 10.2 Å². The summed E-state index contributed by atoms with van der Waals surface area (Å²) in [6.45, 7) is 6.55. The van der Waals surface area contributed by atoms with Crippen LogP contribution in [0.2, 0.25) is 0 Å². The minimum Gasteiger partial charge on any atom is -0.495 e. The van der Waals surface area contributed by atoms with E-state index in [1.165, 1.54) is 23.1 Å². The quantitative estimate of drug-likeness (QED) is 0.639. The minimum atomic E-state index is -0.270. The molecule has 4 rings (SSSR count). The van der Waals surface area contributed by atoms with Crippen molar-refractivity contribution < 1.29 is 9.53 Å². The Balaban J connectivity index is 1.52. The topological polar surface area (TPSA) is 75.3 Å². The number of hydrogen-bond acceptors (Lipinski definition) is 6. The Bertz CT molecular complexity index is 1150. The molecule has 1 amide bonds. The second-order valence-corrected chi connectivity index (χ2v) is 10.0. The molecule has 0 saturated heterocycles. The van der Waals surface area contributed by atoms with Crippen LogP contribution in [0, 0.1) is 13.8 Å². The molecular weight excluding hydrogens is 418 g/mol. The summed E-state index contributed by atoms with van der Waals surface area (Å²) < 4.78 is 5.52. The number of fused-ring (bicyclic) bond motifs is 2. The summed E-state index contributed by atoms with van der Waals surface area (Å²) >= 11 is 3.02. The zero-order valence-corrected chi connectivity index (χ0v) is 19.2. The maximum atomic E-state index is 13.2. The predicted molar refractivity (Wildman–Crippen MR) is 124 cm³/mol. The molecule has 6 nitrogen and oxygen atoms in total. The van der Waals surface area contributed by atoms with E-state index in [1.54, 1.807) is 7.11 Å². The molecule has 1 atom stereocenters. The van der Waals surface area contributed by atoms with Crippen molar-refractivity contribution in [3.05, 3.63) is 50.4 Å². The average Bonchev–Trinajstić information content (AvgIpc) is 3.04. The van der Waals surface area contributed by atoms with Crippen LogP contribution in [-0.4, -0.2) is 34.8 Å². The van der Waals surface area contributed by atoms with Crippen LogP contribution in [0.5, 0.6) is 5.75 Å². The second kappa shape index (κ2) is 8.43. The largest absolute Gasteiger partial charge is 0.495 e. The number of aromatic nitrogens is 2. The van der Waals surface area contributed by atoms with E-state index in [2.05, 4.69) is 16.0 Å². The van der Waals surface area contributed by atoms with Gasteiger partial charge in [0.15, 0.2) is 0 Å². The monoisotopic (exact) mass is 443 g/mol. The highest BCUT2D eigenvalue weighted by atomic mass is 32.2. The highest BCUT2D eigenvalue weighted by molar-refractivity contribution is 7.99. The van der Waals surface area contributed by atoms with E-state index >= 15 is 0 Å². The van der Waals surface area contributed by atoms with E-state index in [-0.39, 0.29) is 16.7 Å². The standard InChI is InChI=1S/C22H25N3O3S2/c1-12-13(2)30-21-18(12)20(26)23-17(24-21)11-29-14(3)22(27)25-10-6-8-15-7-5-9-16(28-4)19(15)25/h5,7,9,14H,6,8,10-11H2,1-4H3,(H,23,24,26). The number of amides is 1. The van der Waals surface area contributed by atoms with E-state index in [1.807, 2.05) is 37.8 Å². The molecule has 1 aliphatic rings. The summed E-state index contributed by atoms with van der Waals surface area (Å²) in [6, 6.07) is 5.93. The maximum Gasteiger partial charge on any atom is 0.259 e. The van der Waals surface area contributed by atoms with Crippen LogP contribution in [0.1, 0.15) is 35.2 Å². The first-order chi connectivity index (χ1) is 14.4. The van der Waals surface area contributed by atoms with Gasteiger partial charge in [0.25, 0.3) is 5.56 Å². The molecule has 1 N–H and O–H groups in total. The van der Waals surface area contributed by atoms with Gasteiger partial charge >= 0.3 is 0 Å². The van der Waals surface area contributed by atoms with E-state index in [9.17, 15) is 9.59 Å². The lowest BCUT2D eigenvalue weighted by Gasteiger charge is -2.32. The average molecular weight is 444 g/mol. The SMILES string of the molecule is COc1cccc2c1N(C(=O)C(C)SCc1nc3sc(C)c(C)c3c(=O)[nH]1)CCC2. The van der Waals surface area contributed by atoms with Crippen molar-refractivity contribution in [2.75, 3.05) is 18.6 Å². The smallest absolute Gasteiger partial charge is 0.259 e. The van der Waals surface area contributed by atoms with Gasteiger partial charge in [-0.2, -0.15) is 0 Å². The van der Waals surface area contributed by atoms with Gasteiger partial charge in [-0.1, -0.05) is 12.1 Å². The summed E-state index contributed by atoms with van der Waals surface area (Å²) in [5, 5.41) is 0.404. The third kappa shape index (κ3) is 3.74. The Hall–Kier alpha value is -2.32. The number of nitrogens with one attached hydrogen (secondary N) is 1. The third-order valence-corrected chi connectivity index (χ3v) is 7.82. The van der Waals surface area contributed by atoms with Gasteiger partial charge in [0.2, 0.25) is 5.91 Å². The minimum absolute atomic E-state index is 0.0525. The van der Waals surface area contributed by atoms with Crippen LogP contribution in [-0.2, 0) is 17.0 Å². The zero-order valence-electron chi connectivity index (χ0n) is 17.6. The number of anilines is 1. The molecule has 0 radical (unpaired) electrons. The van der Waals surface area contributed by atoms with E-state index in [0.29, 0.717) is 23.5 Å². The van der Waals surface area contributed by atoms with Crippen molar-refractivity contribution >= 4 is 44.9 Å². The number of para-hydroxylation sites is 1. The fourth-order valence-corrected chi connectivity index (χ4v) is 5.73. The molecule has 1 aliphatic heterocycles. The molecule has 8 heteroatoms. The summed E-state index contributed by atoms with van der Waals surface area (Å²) in [5.41, 5.74) is 2.92. The van der Waals surface area contributed by atoms with Crippen molar-refractivity contribution in [2.24, 2.45) is 0 Å². The van der Waals surface area contributed by atoms with Gasteiger partial charge in [-0.25, -0.2) is 4.98 Å².